The first-order valence-electron chi connectivity index (χ1n) is 5.15. The van der Waals surface area contributed by atoms with Gasteiger partial charge in [-0.1, -0.05) is 0 Å². The van der Waals surface area contributed by atoms with E-state index in [1.807, 2.05) is 6.20 Å². The monoisotopic (exact) mass is 219 g/mol. The summed E-state index contributed by atoms with van der Waals surface area (Å²) in [7, 11) is 0. The van der Waals surface area contributed by atoms with Gasteiger partial charge in [0.1, 0.15) is 5.82 Å². The Morgan fingerprint density at radius 2 is 2.47 bits per heavy atom. The van der Waals surface area contributed by atoms with Crippen molar-refractivity contribution in [2.45, 2.75) is 20.0 Å². The van der Waals surface area contributed by atoms with Crippen molar-refractivity contribution in [1.29, 1.82) is 0 Å². The summed E-state index contributed by atoms with van der Waals surface area (Å²) in [4.78, 5) is 5.80. The lowest BCUT2D eigenvalue weighted by Gasteiger charge is -2.17. The summed E-state index contributed by atoms with van der Waals surface area (Å²) in [6, 6.07) is 2.23. The molecule has 0 radical (unpaired) electrons. The molecule has 0 aliphatic carbocycles. The third-order valence-corrected chi connectivity index (χ3v) is 3.62. The Morgan fingerprint density at radius 3 is 3.27 bits per heavy atom. The summed E-state index contributed by atoms with van der Waals surface area (Å²) in [6.45, 7) is 5.10. The Labute approximate surface area is 92.8 Å². The molecule has 0 fully saturated rings. The minimum Gasteiger partial charge on any atom is -0.326 e. The van der Waals surface area contributed by atoms with E-state index in [-0.39, 0.29) is 0 Å². The van der Waals surface area contributed by atoms with Crippen LogP contribution in [0.4, 0.5) is 0 Å². The van der Waals surface area contributed by atoms with E-state index in [0.29, 0.717) is 0 Å². The molecule has 0 aromatic carbocycles. The van der Waals surface area contributed by atoms with Crippen molar-refractivity contribution in [2.75, 3.05) is 6.54 Å². The van der Waals surface area contributed by atoms with Crippen molar-refractivity contribution in [2.24, 2.45) is 0 Å². The second-order valence-corrected chi connectivity index (χ2v) is 4.95. The Bertz CT molecular complexity index is 484. The average molecular weight is 219 g/mol. The predicted octanol–water partition coefficient (Wildman–Crippen LogP) is 2.02. The quantitative estimate of drug-likeness (QED) is 0.795. The van der Waals surface area contributed by atoms with Gasteiger partial charge in [-0.15, -0.1) is 11.3 Å². The highest BCUT2D eigenvalue weighted by molar-refractivity contribution is 7.10. The van der Waals surface area contributed by atoms with Gasteiger partial charge in [-0.05, 0) is 13.0 Å². The molecule has 1 N–H and O–H groups in total. The van der Waals surface area contributed by atoms with E-state index in [1.165, 1.54) is 16.1 Å². The summed E-state index contributed by atoms with van der Waals surface area (Å²) in [5.74, 6) is 1.15. The Morgan fingerprint density at radius 1 is 1.53 bits per heavy atom. The number of thiophene rings is 1. The van der Waals surface area contributed by atoms with Gasteiger partial charge >= 0.3 is 0 Å². The van der Waals surface area contributed by atoms with Crippen molar-refractivity contribution in [3.8, 4) is 11.3 Å². The molecule has 4 heteroatoms. The zero-order valence-electron chi connectivity index (χ0n) is 8.66. The molecular formula is C11H13N3S. The molecule has 0 saturated heterocycles. The molecule has 2 aromatic rings. The van der Waals surface area contributed by atoms with E-state index in [2.05, 4.69) is 33.2 Å². The number of hydrogen-bond acceptors (Lipinski definition) is 3. The fourth-order valence-corrected chi connectivity index (χ4v) is 2.70. The largest absolute Gasteiger partial charge is 0.326 e. The number of aromatic nitrogens is 2. The zero-order valence-corrected chi connectivity index (χ0v) is 9.47. The average Bonchev–Trinajstić information content (AvgIpc) is 2.83. The number of rotatable bonds is 1. The molecule has 15 heavy (non-hydrogen) atoms. The van der Waals surface area contributed by atoms with Gasteiger partial charge in [-0.25, -0.2) is 4.98 Å². The van der Waals surface area contributed by atoms with Gasteiger partial charge in [0.25, 0.3) is 0 Å². The maximum atomic E-state index is 4.45. The topological polar surface area (TPSA) is 29.9 Å². The highest BCUT2D eigenvalue weighted by Gasteiger charge is 2.14. The van der Waals surface area contributed by atoms with Gasteiger partial charge in [0, 0.05) is 28.9 Å². The second-order valence-electron chi connectivity index (χ2n) is 3.83. The first kappa shape index (κ1) is 9.12. The number of nitrogens with zero attached hydrogens (tertiary/aromatic N) is 2. The SMILES string of the molecule is Cc1cc(-c2cnc3n2CCNC3)cs1. The maximum Gasteiger partial charge on any atom is 0.123 e. The Hall–Kier alpha value is -1.13. The van der Waals surface area contributed by atoms with E-state index >= 15 is 0 Å². The van der Waals surface area contributed by atoms with Crippen molar-refractivity contribution < 1.29 is 0 Å². The number of fused-ring (bicyclic) bond motifs is 1. The fourth-order valence-electron chi connectivity index (χ4n) is 2.00. The van der Waals surface area contributed by atoms with E-state index < -0.39 is 0 Å². The lowest BCUT2D eigenvalue weighted by atomic mass is 10.2. The van der Waals surface area contributed by atoms with E-state index in [0.717, 1.165) is 25.5 Å². The van der Waals surface area contributed by atoms with Crippen LogP contribution in [0.1, 0.15) is 10.7 Å². The summed E-state index contributed by atoms with van der Waals surface area (Å²) in [6.07, 6.45) is 1.99. The molecule has 1 aliphatic rings. The van der Waals surface area contributed by atoms with Gasteiger partial charge < -0.3 is 9.88 Å². The fraction of sp³-hybridized carbons (Fsp3) is 0.364. The van der Waals surface area contributed by atoms with Crippen molar-refractivity contribution >= 4 is 11.3 Å². The van der Waals surface area contributed by atoms with E-state index in [4.69, 9.17) is 0 Å². The summed E-state index contributed by atoms with van der Waals surface area (Å²) in [5.41, 5.74) is 2.56. The summed E-state index contributed by atoms with van der Waals surface area (Å²) >= 11 is 1.80. The van der Waals surface area contributed by atoms with Gasteiger partial charge in [-0.3, -0.25) is 0 Å². The van der Waals surface area contributed by atoms with Crippen LogP contribution in [0.25, 0.3) is 11.3 Å². The molecule has 3 rings (SSSR count). The Kier molecular flexibility index (Phi) is 2.11. The molecular weight excluding hydrogens is 206 g/mol. The molecule has 78 valence electrons. The number of hydrogen-bond donors (Lipinski definition) is 1. The van der Waals surface area contributed by atoms with Crippen molar-refractivity contribution in [1.82, 2.24) is 14.9 Å². The highest BCUT2D eigenvalue weighted by atomic mass is 32.1. The van der Waals surface area contributed by atoms with Crippen LogP contribution < -0.4 is 5.32 Å². The minimum atomic E-state index is 0.892. The third-order valence-electron chi connectivity index (χ3n) is 2.76. The van der Waals surface area contributed by atoms with Crippen molar-refractivity contribution in [3.63, 3.8) is 0 Å². The standard InChI is InChI=1S/C11H13N3S/c1-8-4-9(7-15-8)10-5-13-11-6-12-2-3-14(10)11/h4-5,7,12H,2-3,6H2,1H3. The highest BCUT2D eigenvalue weighted by Crippen LogP contribution is 2.26. The van der Waals surface area contributed by atoms with Gasteiger partial charge in [0.2, 0.25) is 0 Å². The molecule has 0 spiro atoms. The molecule has 0 atom stereocenters. The first-order valence-corrected chi connectivity index (χ1v) is 6.03. The van der Waals surface area contributed by atoms with Crippen LogP contribution >= 0.6 is 11.3 Å². The molecule has 0 amide bonds. The summed E-state index contributed by atoms with van der Waals surface area (Å²) < 4.78 is 2.32. The molecule has 3 heterocycles. The number of imidazole rings is 1. The molecule has 2 aromatic heterocycles. The van der Waals surface area contributed by atoms with Gasteiger partial charge in [0.05, 0.1) is 18.4 Å². The van der Waals surface area contributed by atoms with Gasteiger partial charge in [0.15, 0.2) is 0 Å². The van der Waals surface area contributed by atoms with Crippen LogP contribution in [0, 0.1) is 6.92 Å². The first-order chi connectivity index (χ1) is 7.34. The molecule has 0 saturated carbocycles. The third kappa shape index (κ3) is 1.50. The van der Waals surface area contributed by atoms with Crippen LogP contribution in [-0.2, 0) is 13.1 Å². The number of aryl methyl sites for hydroxylation is 1. The second kappa shape index (κ2) is 3.47. The lowest BCUT2D eigenvalue weighted by molar-refractivity contribution is 0.508. The summed E-state index contributed by atoms with van der Waals surface area (Å²) in [5, 5.41) is 5.54. The normalized spacial score (nSPS) is 15.3. The van der Waals surface area contributed by atoms with E-state index in [1.54, 1.807) is 11.3 Å². The van der Waals surface area contributed by atoms with Crippen molar-refractivity contribution in [3.05, 3.63) is 28.3 Å². The van der Waals surface area contributed by atoms with Crippen LogP contribution in [0.15, 0.2) is 17.6 Å². The molecule has 0 unspecified atom stereocenters. The molecule has 1 aliphatic heterocycles. The van der Waals surface area contributed by atoms with Crippen LogP contribution in [-0.4, -0.2) is 16.1 Å². The lowest BCUT2D eigenvalue weighted by Crippen LogP contribution is -2.28. The molecule has 0 bridgehead atoms. The van der Waals surface area contributed by atoms with E-state index in [9.17, 15) is 0 Å². The molecule has 3 nitrogen and oxygen atoms in total. The van der Waals surface area contributed by atoms with Crippen LogP contribution in [0.3, 0.4) is 0 Å². The van der Waals surface area contributed by atoms with Gasteiger partial charge in [-0.2, -0.15) is 0 Å². The smallest absolute Gasteiger partial charge is 0.123 e. The Balaban J connectivity index is 2.08. The number of nitrogens with one attached hydrogen (secondary N) is 1. The van der Waals surface area contributed by atoms with Crippen LogP contribution in [0.2, 0.25) is 0 Å². The van der Waals surface area contributed by atoms with Crippen LogP contribution in [0.5, 0.6) is 0 Å². The predicted molar refractivity (Wildman–Crippen MR) is 62.0 cm³/mol. The zero-order chi connectivity index (χ0) is 10.3. The minimum absolute atomic E-state index is 0.892. The maximum absolute atomic E-state index is 4.45.